The quantitative estimate of drug-likeness (QED) is 0.470. The minimum atomic E-state index is 0. The third-order valence-corrected chi connectivity index (χ3v) is 2.84. The highest BCUT2D eigenvalue weighted by molar-refractivity contribution is 14.0. The summed E-state index contributed by atoms with van der Waals surface area (Å²) >= 11 is 0. The van der Waals surface area contributed by atoms with Crippen LogP contribution in [0.15, 0.2) is 28.0 Å². The van der Waals surface area contributed by atoms with E-state index in [-0.39, 0.29) is 24.0 Å². The van der Waals surface area contributed by atoms with Crippen LogP contribution in [0, 0.1) is 6.92 Å². The molecule has 7 nitrogen and oxygen atoms in total. The number of guanidine groups is 1. The number of aromatic amines is 1. The summed E-state index contributed by atoms with van der Waals surface area (Å²) in [6, 6.07) is 1.84. The minimum Gasteiger partial charge on any atom is -0.364 e. The van der Waals surface area contributed by atoms with Crippen LogP contribution in [0.25, 0.3) is 0 Å². The molecule has 0 atom stereocenters. The maximum Gasteiger partial charge on any atom is 0.194 e. The highest BCUT2D eigenvalue weighted by Crippen LogP contribution is 2.03. The summed E-state index contributed by atoms with van der Waals surface area (Å²) in [6.45, 7) is 3.31. The molecule has 2 aromatic heterocycles. The molecule has 0 saturated carbocycles. The monoisotopic (exact) mass is 390 g/mol. The maximum atomic E-state index is 4.81. The summed E-state index contributed by atoms with van der Waals surface area (Å²) in [4.78, 5) is 6.22. The number of nitrogens with zero attached hydrogens (tertiary/aromatic N) is 4. The molecule has 0 aliphatic carbocycles. The van der Waals surface area contributed by atoms with E-state index in [1.807, 2.05) is 31.1 Å². The van der Waals surface area contributed by atoms with Crippen molar-refractivity contribution >= 4 is 29.9 Å². The fraction of sp³-hybridized carbons (Fsp3) is 0.417. The van der Waals surface area contributed by atoms with Crippen molar-refractivity contribution in [3.8, 4) is 0 Å². The third-order valence-electron chi connectivity index (χ3n) is 2.84. The molecule has 8 heteroatoms. The lowest BCUT2D eigenvalue weighted by Crippen LogP contribution is -2.38. The summed E-state index contributed by atoms with van der Waals surface area (Å²) in [5.74, 6) is 0.795. The number of nitrogens with one attached hydrogen (secondary N) is 2. The molecular formula is C12H19IN6O. The van der Waals surface area contributed by atoms with E-state index in [0.717, 1.165) is 22.9 Å². The first-order chi connectivity index (χ1) is 9.20. The molecule has 0 saturated heterocycles. The highest BCUT2D eigenvalue weighted by atomic mass is 127. The average molecular weight is 390 g/mol. The van der Waals surface area contributed by atoms with Gasteiger partial charge in [0, 0.05) is 38.0 Å². The van der Waals surface area contributed by atoms with Gasteiger partial charge in [-0.2, -0.15) is 5.10 Å². The largest absolute Gasteiger partial charge is 0.364 e. The predicted octanol–water partition coefficient (Wildman–Crippen LogP) is 1.53. The maximum absolute atomic E-state index is 4.81. The Morgan fingerprint density at radius 1 is 1.55 bits per heavy atom. The van der Waals surface area contributed by atoms with E-state index < -0.39 is 0 Å². The first kappa shape index (κ1) is 16.5. The van der Waals surface area contributed by atoms with Gasteiger partial charge >= 0.3 is 0 Å². The standard InChI is InChI=1S/C12H18N6O.HI/c1-9-10(7-15-16-9)6-14-12(13-2)18(3)8-11-4-5-19-17-11;/h4-5,7H,6,8H2,1-3H3,(H,13,14)(H,15,16);1H. The Kier molecular flexibility index (Phi) is 6.49. The van der Waals surface area contributed by atoms with Gasteiger partial charge in [-0.15, -0.1) is 24.0 Å². The van der Waals surface area contributed by atoms with Crippen LogP contribution < -0.4 is 5.32 Å². The zero-order valence-electron chi connectivity index (χ0n) is 11.8. The molecular weight excluding hydrogens is 371 g/mol. The summed E-state index contributed by atoms with van der Waals surface area (Å²) in [7, 11) is 3.70. The van der Waals surface area contributed by atoms with Gasteiger partial charge in [-0.1, -0.05) is 5.16 Å². The van der Waals surface area contributed by atoms with Crippen molar-refractivity contribution in [1.29, 1.82) is 0 Å². The topological polar surface area (TPSA) is 82.3 Å². The molecule has 20 heavy (non-hydrogen) atoms. The van der Waals surface area contributed by atoms with E-state index in [9.17, 15) is 0 Å². The summed E-state index contributed by atoms with van der Waals surface area (Å²) in [5.41, 5.74) is 3.04. The number of hydrogen-bond acceptors (Lipinski definition) is 4. The third kappa shape index (κ3) is 4.22. The van der Waals surface area contributed by atoms with Crippen molar-refractivity contribution in [2.24, 2.45) is 4.99 Å². The molecule has 2 aromatic rings. The summed E-state index contributed by atoms with van der Waals surface area (Å²) < 4.78 is 4.81. The number of hydrogen-bond donors (Lipinski definition) is 2. The Bertz CT molecular complexity index is 536. The van der Waals surface area contributed by atoms with Crippen molar-refractivity contribution in [3.05, 3.63) is 35.5 Å². The smallest absolute Gasteiger partial charge is 0.194 e. The van der Waals surface area contributed by atoms with Gasteiger partial charge in [0.25, 0.3) is 0 Å². The predicted molar refractivity (Wildman–Crippen MR) is 86.9 cm³/mol. The minimum absolute atomic E-state index is 0. The number of halogens is 1. The SMILES string of the molecule is CN=C(NCc1cn[nH]c1C)N(C)Cc1ccon1.I. The molecule has 2 N–H and O–H groups in total. The molecule has 0 aromatic carbocycles. The molecule has 110 valence electrons. The van der Waals surface area contributed by atoms with Crippen LogP contribution in [-0.2, 0) is 13.1 Å². The Morgan fingerprint density at radius 2 is 2.35 bits per heavy atom. The van der Waals surface area contributed by atoms with E-state index in [4.69, 9.17) is 4.52 Å². The molecule has 0 unspecified atom stereocenters. The Balaban J connectivity index is 0.00000200. The summed E-state index contributed by atoms with van der Waals surface area (Å²) in [6.07, 6.45) is 3.38. The molecule has 0 radical (unpaired) electrons. The first-order valence-electron chi connectivity index (χ1n) is 6.00. The van der Waals surface area contributed by atoms with Gasteiger partial charge in [-0.05, 0) is 6.92 Å². The van der Waals surface area contributed by atoms with Crippen molar-refractivity contribution in [2.75, 3.05) is 14.1 Å². The van der Waals surface area contributed by atoms with Crippen molar-refractivity contribution < 1.29 is 4.52 Å². The second-order valence-corrected chi connectivity index (χ2v) is 4.27. The number of rotatable bonds is 4. The van der Waals surface area contributed by atoms with Crippen LogP contribution in [0.3, 0.4) is 0 Å². The van der Waals surface area contributed by atoms with Gasteiger partial charge in [-0.3, -0.25) is 10.1 Å². The van der Waals surface area contributed by atoms with Crippen LogP contribution in [0.4, 0.5) is 0 Å². The van der Waals surface area contributed by atoms with E-state index in [1.165, 1.54) is 0 Å². The Hall–Kier alpha value is -1.58. The Labute approximate surface area is 134 Å². The number of H-pyrrole nitrogens is 1. The summed E-state index contributed by atoms with van der Waals surface area (Å²) in [5, 5.41) is 14.1. The fourth-order valence-corrected chi connectivity index (χ4v) is 1.75. The molecule has 0 spiro atoms. The lowest BCUT2D eigenvalue weighted by Gasteiger charge is -2.20. The lowest BCUT2D eigenvalue weighted by molar-refractivity contribution is 0.391. The molecule has 0 fully saturated rings. The van der Waals surface area contributed by atoms with Crippen LogP contribution >= 0.6 is 24.0 Å². The van der Waals surface area contributed by atoms with Gasteiger partial charge in [0.1, 0.15) is 12.0 Å². The van der Waals surface area contributed by atoms with Gasteiger partial charge in [0.2, 0.25) is 0 Å². The second-order valence-electron chi connectivity index (χ2n) is 4.27. The van der Waals surface area contributed by atoms with E-state index in [0.29, 0.717) is 13.1 Å². The van der Waals surface area contributed by atoms with Crippen LogP contribution in [0.5, 0.6) is 0 Å². The molecule has 2 heterocycles. The van der Waals surface area contributed by atoms with E-state index in [1.54, 1.807) is 13.3 Å². The fourth-order valence-electron chi connectivity index (χ4n) is 1.75. The number of aromatic nitrogens is 3. The zero-order valence-corrected chi connectivity index (χ0v) is 14.1. The molecule has 2 rings (SSSR count). The van der Waals surface area contributed by atoms with Crippen LogP contribution in [0.1, 0.15) is 17.0 Å². The number of aryl methyl sites for hydroxylation is 1. The molecule has 0 aliphatic rings. The van der Waals surface area contributed by atoms with Crippen LogP contribution in [0.2, 0.25) is 0 Å². The Morgan fingerprint density at radius 3 is 2.90 bits per heavy atom. The van der Waals surface area contributed by atoms with Gasteiger partial charge < -0.3 is 14.7 Å². The van der Waals surface area contributed by atoms with Crippen molar-refractivity contribution in [2.45, 2.75) is 20.0 Å². The van der Waals surface area contributed by atoms with E-state index >= 15 is 0 Å². The van der Waals surface area contributed by atoms with E-state index in [2.05, 4.69) is 25.7 Å². The first-order valence-corrected chi connectivity index (χ1v) is 6.00. The molecule has 0 amide bonds. The molecule has 0 bridgehead atoms. The highest BCUT2D eigenvalue weighted by Gasteiger charge is 2.09. The normalized spacial score (nSPS) is 11.1. The average Bonchev–Trinajstić information content (AvgIpc) is 3.02. The zero-order chi connectivity index (χ0) is 13.7. The lowest BCUT2D eigenvalue weighted by atomic mass is 10.3. The second kappa shape index (κ2) is 7.88. The van der Waals surface area contributed by atoms with Crippen molar-refractivity contribution in [3.63, 3.8) is 0 Å². The number of aliphatic imine (C=N–C) groups is 1. The van der Waals surface area contributed by atoms with Crippen LogP contribution in [-0.4, -0.2) is 40.3 Å². The van der Waals surface area contributed by atoms with Crippen molar-refractivity contribution in [1.82, 2.24) is 25.6 Å². The van der Waals surface area contributed by atoms with Gasteiger partial charge in [0.15, 0.2) is 5.96 Å². The van der Waals surface area contributed by atoms with Gasteiger partial charge in [-0.25, -0.2) is 0 Å². The van der Waals surface area contributed by atoms with Gasteiger partial charge in [0.05, 0.1) is 12.7 Å². The molecule has 0 aliphatic heterocycles.